The molecule has 0 saturated carbocycles. The van der Waals surface area contributed by atoms with E-state index < -0.39 is 6.04 Å². The number of piperidine rings is 1. The highest BCUT2D eigenvalue weighted by Crippen LogP contribution is 2.28. The van der Waals surface area contributed by atoms with Crippen LogP contribution in [0.1, 0.15) is 41.3 Å². The van der Waals surface area contributed by atoms with E-state index >= 15 is 0 Å². The maximum absolute atomic E-state index is 12.9. The Labute approximate surface area is 164 Å². The van der Waals surface area contributed by atoms with E-state index in [9.17, 15) is 14.4 Å². The Hall–Kier alpha value is -2.29. The van der Waals surface area contributed by atoms with Crippen molar-refractivity contribution in [3.05, 3.63) is 34.9 Å². The minimum atomic E-state index is -0.574. The van der Waals surface area contributed by atoms with Crippen molar-refractivity contribution in [1.29, 1.82) is 0 Å². The smallest absolute Gasteiger partial charge is 0.255 e. The first kappa shape index (κ1) is 19.0. The van der Waals surface area contributed by atoms with Gasteiger partial charge in [0, 0.05) is 44.7 Å². The summed E-state index contributed by atoms with van der Waals surface area (Å²) in [6.45, 7) is 6.24. The minimum absolute atomic E-state index is 0.141. The average molecular weight is 386 g/mol. The minimum Gasteiger partial charge on any atom is -0.371 e. The van der Waals surface area contributed by atoms with Crippen molar-refractivity contribution < 1.29 is 19.1 Å². The Balaban J connectivity index is 1.39. The summed E-state index contributed by atoms with van der Waals surface area (Å²) in [5.41, 5.74) is 2.36. The lowest BCUT2D eigenvalue weighted by Crippen LogP contribution is -2.53. The van der Waals surface area contributed by atoms with Gasteiger partial charge in [-0.05, 0) is 30.5 Å². The van der Waals surface area contributed by atoms with E-state index in [1.165, 1.54) is 0 Å². The predicted molar refractivity (Wildman–Crippen MR) is 101 cm³/mol. The lowest BCUT2D eigenvalue weighted by Gasteiger charge is -2.34. The number of imide groups is 1. The molecule has 4 rings (SSSR count). The van der Waals surface area contributed by atoms with E-state index in [1.54, 1.807) is 4.90 Å². The number of nitrogens with one attached hydrogen (secondary N) is 3. The summed E-state index contributed by atoms with van der Waals surface area (Å²) >= 11 is 0. The largest absolute Gasteiger partial charge is 0.371 e. The molecule has 3 aliphatic rings. The molecule has 0 bridgehead atoms. The number of hydrogen-bond acceptors (Lipinski definition) is 6. The number of ether oxygens (including phenoxy) is 1. The van der Waals surface area contributed by atoms with Crippen LogP contribution in [0.3, 0.4) is 0 Å². The molecule has 0 radical (unpaired) electrons. The zero-order valence-corrected chi connectivity index (χ0v) is 16.0. The third-order valence-corrected chi connectivity index (χ3v) is 5.65. The first-order valence-electron chi connectivity index (χ1n) is 9.77. The molecule has 150 valence electrons. The standard InChI is InChI=1S/C20H26N4O4/c1-20(11-21-6-7-28-20)12-22-9-13-2-3-14-10-24(19(27)15(14)8-13)16-4-5-17(25)23-18(16)26/h2-3,8,16,21-22H,4-7,9-12H2,1H3,(H,23,25,26). The van der Waals surface area contributed by atoms with Crippen molar-refractivity contribution >= 4 is 17.7 Å². The van der Waals surface area contributed by atoms with Crippen LogP contribution in [-0.4, -0.2) is 60.5 Å². The summed E-state index contributed by atoms with van der Waals surface area (Å²) in [7, 11) is 0. The predicted octanol–water partition coefficient (Wildman–Crippen LogP) is -0.0843. The van der Waals surface area contributed by atoms with E-state index in [2.05, 4.69) is 22.9 Å². The fourth-order valence-electron chi connectivity index (χ4n) is 4.07. The molecule has 1 aromatic rings. The topological polar surface area (TPSA) is 99.8 Å². The van der Waals surface area contributed by atoms with Gasteiger partial charge in [0.05, 0.1) is 12.2 Å². The molecule has 3 N–H and O–H groups in total. The van der Waals surface area contributed by atoms with Crippen LogP contribution in [-0.2, 0) is 27.4 Å². The number of hydrogen-bond donors (Lipinski definition) is 3. The lowest BCUT2D eigenvalue weighted by molar-refractivity contribution is -0.136. The molecule has 28 heavy (non-hydrogen) atoms. The molecule has 0 aromatic heterocycles. The summed E-state index contributed by atoms with van der Waals surface area (Å²) in [6, 6.07) is 5.29. The molecule has 2 saturated heterocycles. The van der Waals surface area contributed by atoms with Crippen molar-refractivity contribution in [3.63, 3.8) is 0 Å². The monoisotopic (exact) mass is 386 g/mol. The zero-order valence-electron chi connectivity index (χ0n) is 16.0. The first-order chi connectivity index (χ1) is 13.5. The molecule has 8 nitrogen and oxygen atoms in total. The molecule has 3 aliphatic heterocycles. The maximum atomic E-state index is 12.9. The van der Waals surface area contributed by atoms with Crippen molar-refractivity contribution in [2.75, 3.05) is 26.2 Å². The van der Waals surface area contributed by atoms with Gasteiger partial charge >= 0.3 is 0 Å². The van der Waals surface area contributed by atoms with Gasteiger partial charge in [-0.15, -0.1) is 0 Å². The zero-order chi connectivity index (χ0) is 19.7. The average Bonchev–Trinajstić information content (AvgIpc) is 2.98. The summed E-state index contributed by atoms with van der Waals surface area (Å²) < 4.78 is 5.85. The van der Waals surface area contributed by atoms with Crippen LogP contribution in [0.25, 0.3) is 0 Å². The fourth-order valence-corrected chi connectivity index (χ4v) is 4.07. The third-order valence-electron chi connectivity index (χ3n) is 5.65. The molecular weight excluding hydrogens is 360 g/mol. The number of morpholine rings is 1. The van der Waals surface area contributed by atoms with Crippen LogP contribution in [0.15, 0.2) is 18.2 Å². The van der Waals surface area contributed by atoms with E-state index in [0.717, 1.165) is 24.2 Å². The van der Waals surface area contributed by atoms with Crippen molar-refractivity contribution in [3.8, 4) is 0 Å². The number of carbonyl (C=O) groups is 3. The number of amides is 3. The highest BCUT2D eigenvalue weighted by molar-refractivity contribution is 6.05. The number of nitrogens with zero attached hydrogens (tertiary/aromatic N) is 1. The van der Waals surface area contributed by atoms with Gasteiger partial charge in [0.25, 0.3) is 5.91 Å². The summed E-state index contributed by atoms with van der Waals surface area (Å²) in [5.74, 6) is -0.795. The van der Waals surface area contributed by atoms with Crippen LogP contribution in [0.4, 0.5) is 0 Å². The molecule has 3 heterocycles. The lowest BCUT2D eigenvalue weighted by atomic mass is 10.0. The number of rotatable bonds is 5. The van der Waals surface area contributed by atoms with Gasteiger partial charge in [0.15, 0.2) is 0 Å². The van der Waals surface area contributed by atoms with E-state index in [0.29, 0.717) is 38.2 Å². The van der Waals surface area contributed by atoms with Gasteiger partial charge in [-0.2, -0.15) is 0 Å². The van der Waals surface area contributed by atoms with E-state index in [4.69, 9.17) is 4.74 Å². The highest BCUT2D eigenvalue weighted by Gasteiger charge is 2.39. The Morgan fingerprint density at radius 1 is 1.32 bits per heavy atom. The summed E-state index contributed by atoms with van der Waals surface area (Å²) in [6.07, 6.45) is 0.646. The molecule has 2 atom stereocenters. The molecule has 2 fully saturated rings. The van der Waals surface area contributed by atoms with Crippen LogP contribution < -0.4 is 16.0 Å². The van der Waals surface area contributed by atoms with Crippen LogP contribution in [0.5, 0.6) is 0 Å². The van der Waals surface area contributed by atoms with Gasteiger partial charge in [0.2, 0.25) is 11.8 Å². The van der Waals surface area contributed by atoms with Crippen LogP contribution in [0.2, 0.25) is 0 Å². The molecule has 1 aromatic carbocycles. The number of benzene rings is 1. The molecule has 8 heteroatoms. The quantitative estimate of drug-likeness (QED) is 0.612. The van der Waals surface area contributed by atoms with E-state index in [-0.39, 0.29) is 29.7 Å². The van der Waals surface area contributed by atoms with Crippen molar-refractivity contribution in [2.45, 2.75) is 44.5 Å². The molecule has 0 spiro atoms. The third kappa shape index (κ3) is 3.80. The van der Waals surface area contributed by atoms with E-state index in [1.807, 2.05) is 18.2 Å². The number of fused-ring (bicyclic) bond motifs is 1. The van der Waals surface area contributed by atoms with Crippen molar-refractivity contribution in [1.82, 2.24) is 20.9 Å². The molecule has 3 amide bonds. The molecular formula is C20H26N4O4. The van der Waals surface area contributed by atoms with Gasteiger partial charge < -0.3 is 20.3 Å². The van der Waals surface area contributed by atoms with Crippen LogP contribution in [0, 0.1) is 0 Å². The van der Waals surface area contributed by atoms with Crippen molar-refractivity contribution in [2.24, 2.45) is 0 Å². The molecule has 0 aliphatic carbocycles. The Morgan fingerprint density at radius 3 is 2.93 bits per heavy atom. The molecule has 2 unspecified atom stereocenters. The van der Waals surface area contributed by atoms with Crippen LogP contribution >= 0.6 is 0 Å². The van der Waals surface area contributed by atoms with Gasteiger partial charge in [-0.1, -0.05) is 12.1 Å². The maximum Gasteiger partial charge on any atom is 0.255 e. The summed E-state index contributed by atoms with van der Waals surface area (Å²) in [5, 5.41) is 9.08. The Morgan fingerprint density at radius 2 is 2.18 bits per heavy atom. The normalized spacial score (nSPS) is 27.7. The second-order valence-corrected chi connectivity index (χ2v) is 7.97. The Kier molecular flexibility index (Phi) is 5.18. The van der Waals surface area contributed by atoms with Gasteiger partial charge in [0.1, 0.15) is 6.04 Å². The second-order valence-electron chi connectivity index (χ2n) is 7.97. The number of carbonyl (C=O) groups excluding carboxylic acids is 3. The fraction of sp³-hybridized carbons (Fsp3) is 0.550. The SMILES string of the molecule is CC1(CNCc2ccc3c(c2)C(=O)N(C2CCC(=O)NC2=O)C3)CNCCO1. The van der Waals surface area contributed by atoms with Gasteiger partial charge in [-0.25, -0.2) is 0 Å². The first-order valence-corrected chi connectivity index (χ1v) is 9.77. The highest BCUT2D eigenvalue weighted by atomic mass is 16.5. The van der Waals surface area contributed by atoms with Gasteiger partial charge in [-0.3, -0.25) is 19.7 Å². The Bertz CT molecular complexity index is 803. The summed E-state index contributed by atoms with van der Waals surface area (Å²) in [4.78, 5) is 37.9. The second kappa shape index (κ2) is 7.62.